The van der Waals surface area contributed by atoms with Gasteiger partial charge in [0.15, 0.2) is 0 Å². The summed E-state index contributed by atoms with van der Waals surface area (Å²) < 4.78 is 15.9. The normalized spacial score (nSPS) is 15.8. The molecule has 2 aromatic carbocycles. The summed E-state index contributed by atoms with van der Waals surface area (Å²) in [5.74, 6) is -0.0613. The Bertz CT molecular complexity index is 1060. The predicted octanol–water partition coefficient (Wildman–Crippen LogP) is 4.11. The van der Waals surface area contributed by atoms with Crippen molar-refractivity contribution >= 4 is 17.3 Å². The highest BCUT2D eigenvalue weighted by Gasteiger charge is 2.36. The average molecular weight is 419 g/mol. The van der Waals surface area contributed by atoms with Gasteiger partial charge in [0.25, 0.3) is 0 Å². The molecular weight excluding hydrogens is 394 g/mol. The van der Waals surface area contributed by atoms with Gasteiger partial charge < -0.3 is 24.8 Å². The monoisotopic (exact) mass is 419 g/mol. The summed E-state index contributed by atoms with van der Waals surface area (Å²) in [5.41, 5.74) is 9.10. The summed E-state index contributed by atoms with van der Waals surface area (Å²) in [6.07, 6.45) is 0. The molecule has 0 saturated carbocycles. The van der Waals surface area contributed by atoms with Crippen LogP contribution in [0.5, 0.6) is 5.75 Å². The highest BCUT2D eigenvalue weighted by molar-refractivity contribution is 5.92. The second kappa shape index (κ2) is 9.26. The third kappa shape index (κ3) is 4.33. The molecule has 2 N–H and O–H groups in total. The predicted molar refractivity (Wildman–Crippen MR) is 117 cm³/mol. The molecule has 3 rings (SSSR count). The molecule has 2 aromatic rings. The number of carbonyl (C=O) groups is 1. The van der Waals surface area contributed by atoms with Crippen molar-refractivity contribution in [2.75, 3.05) is 25.7 Å². The number of nitriles is 1. The van der Waals surface area contributed by atoms with Crippen LogP contribution >= 0.6 is 0 Å². The van der Waals surface area contributed by atoms with Gasteiger partial charge in [0.05, 0.1) is 25.2 Å². The van der Waals surface area contributed by atoms with Gasteiger partial charge in [-0.05, 0) is 55.8 Å². The van der Waals surface area contributed by atoms with Gasteiger partial charge in [-0.25, -0.2) is 4.79 Å². The molecule has 1 heterocycles. The van der Waals surface area contributed by atoms with E-state index in [9.17, 15) is 10.1 Å². The van der Waals surface area contributed by atoms with Gasteiger partial charge in [-0.1, -0.05) is 12.1 Å². The van der Waals surface area contributed by atoms with Gasteiger partial charge in [-0.15, -0.1) is 0 Å². The van der Waals surface area contributed by atoms with E-state index in [1.165, 1.54) is 0 Å². The van der Waals surface area contributed by atoms with E-state index < -0.39 is 11.9 Å². The fraction of sp³-hybridized carbons (Fsp3) is 0.250. The van der Waals surface area contributed by atoms with Crippen LogP contribution < -0.4 is 15.4 Å². The minimum absolute atomic E-state index is 0.00234. The standard InChI is InChI=1S/C24H25N3O4/c1-5-30-24(28)21-15(2)31-23(26)20(14-25)22(21)16-6-8-17(9-7-16)27(3)18-10-12-19(29-4)13-11-18/h6-13,22H,5,26H2,1-4H3. The molecule has 1 unspecified atom stereocenters. The van der Waals surface area contributed by atoms with Crippen molar-refractivity contribution in [2.45, 2.75) is 19.8 Å². The second-order valence-corrected chi connectivity index (χ2v) is 6.96. The zero-order chi connectivity index (χ0) is 22.5. The van der Waals surface area contributed by atoms with E-state index in [4.69, 9.17) is 19.9 Å². The number of carbonyl (C=O) groups excluding carboxylic acids is 1. The lowest BCUT2D eigenvalue weighted by Crippen LogP contribution is -2.25. The molecule has 1 aliphatic heterocycles. The van der Waals surface area contributed by atoms with Gasteiger partial charge in [-0.2, -0.15) is 5.26 Å². The van der Waals surface area contributed by atoms with E-state index in [0.717, 1.165) is 22.7 Å². The van der Waals surface area contributed by atoms with Gasteiger partial charge in [0.2, 0.25) is 5.88 Å². The fourth-order valence-corrected chi connectivity index (χ4v) is 3.53. The van der Waals surface area contributed by atoms with Crippen molar-refractivity contribution in [1.29, 1.82) is 5.26 Å². The molecule has 0 aromatic heterocycles. The van der Waals surface area contributed by atoms with Crippen molar-refractivity contribution in [3.8, 4) is 11.8 Å². The molecular formula is C24H25N3O4. The Kier molecular flexibility index (Phi) is 6.51. The van der Waals surface area contributed by atoms with E-state index in [-0.39, 0.29) is 23.6 Å². The molecule has 31 heavy (non-hydrogen) atoms. The molecule has 0 bridgehead atoms. The number of anilines is 2. The van der Waals surface area contributed by atoms with Gasteiger partial charge in [0, 0.05) is 18.4 Å². The average Bonchev–Trinajstić information content (AvgIpc) is 2.78. The summed E-state index contributed by atoms with van der Waals surface area (Å²) in [6.45, 7) is 3.59. The maximum Gasteiger partial charge on any atom is 0.338 e. The van der Waals surface area contributed by atoms with Crippen LogP contribution in [-0.4, -0.2) is 26.7 Å². The summed E-state index contributed by atoms with van der Waals surface area (Å²) in [6, 6.07) is 17.4. The van der Waals surface area contributed by atoms with E-state index in [1.807, 2.05) is 60.5 Å². The first kappa shape index (κ1) is 21.8. The number of rotatable bonds is 6. The molecule has 0 radical (unpaired) electrons. The van der Waals surface area contributed by atoms with Crippen LogP contribution in [0.15, 0.2) is 71.3 Å². The maximum atomic E-state index is 12.6. The minimum Gasteiger partial charge on any atom is -0.497 e. The molecule has 1 atom stereocenters. The van der Waals surface area contributed by atoms with Crippen LogP contribution in [0.1, 0.15) is 25.3 Å². The summed E-state index contributed by atoms with van der Waals surface area (Å²) in [7, 11) is 3.59. The molecule has 0 aliphatic carbocycles. The number of allylic oxidation sites excluding steroid dienone is 2. The Morgan fingerprint density at radius 3 is 2.26 bits per heavy atom. The first-order valence-corrected chi connectivity index (χ1v) is 9.84. The zero-order valence-corrected chi connectivity index (χ0v) is 18.0. The van der Waals surface area contributed by atoms with Crippen LogP contribution in [0.4, 0.5) is 11.4 Å². The number of benzene rings is 2. The van der Waals surface area contributed by atoms with Crippen LogP contribution in [0.25, 0.3) is 0 Å². The number of hydrogen-bond acceptors (Lipinski definition) is 7. The largest absolute Gasteiger partial charge is 0.497 e. The molecule has 0 spiro atoms. The lowest BCUT2D eigenvalue weighted by Gasteiger charge is -2.27. The number of nitrogens with two attached hydrogens (primary N) is 1. The summed E-state index contributed by atoms with van der Waals surface area (Å²) in [4.78, 5) is 14.6. The maximum absolute atomic E-state index is 12.6. The topological polar surface area (TPSA) is 97.8 Å². The molecule has 160 valence electrons. The number of esters is 1. The Balaban J connectivity index is 1.96. The van der Waals surface area contributed by atoms with E-state index in [0.29, 0.717) is 5.76 Å². The fourth-order valence-electron chi connectivity index (χ4n) is 3.53. The van der Waals surface area contributed by atoms with E-state index >= 15 is 0 Å². The lowest BCUT2D eigenvalue weighted by molar-refractivity contribution is -0.139. The quantitative estimate of drug-likeness (QED) is 0.704. The van der Waals surface area contributed by atoms with E-state index in [2.05, 4.69) is 6.07 Å². The zero-order valence-electron chi connectivity index (χ0n) is 18.0. The van der Waals surface area contributed by atoms with Gasteiger partial charge >= 0.3 is 5.97 Å². The summed E-state index contributed by atoms with van der Waals surface area (Å²) in [5, 5.41) is 9.68. The van der Waals surface area contributed by atoms with Crippen LogP contribution in [0.3, 0.4) is 0 Å². The Morgan fingerprint density at radius 1 is 1.16 bits per heavy atom. The smallest absolute Gasteiger partial charge is 0.338 e. The third-order valence-corrected chi connectivity index (χ3v) is 5.17. The Labute approximate surface area is 181 Å². The van der Waals surface area contributed by atoms with Gasteiger partial charge in [0.1, 0.15) is 23.2 Å². The van der Waals surface area contributed by atoms with Crippen LogP contribution in [0, 0.1) is 11.3 Å². The molecule has 0 amide bonds. The van der Waals surface area contributed by atoms with Crippen LogP contribution in [-0.2, 0) is 14.3 Å². The van der Waals surface area contributed by atoms with Crippen molar-refractivity contribution in [2.24, 2.45) is 5.73 Å². The number of hydrogen-bond donors (Lipinski definition) is 1. The number of ether oxygens (including phenoxy) is 3. The Hall–Kier alpha value is -3.92. The van der Waals surface area contributed by atoms with Crippen molar-refractivity contribution in [3.63, 3.8) is 0 Å². The molecule has 7 heteroatoms. The number of methoxy groups -OCH3 is 1. The Morgan fingerprint density at radius 2 is 1.74 bits per heavy atom. The number of nitrogens with zero attached hydrogens (tertiary/aromatic N) is 2. The highest BCUT2D eigenvalue weighted by Crippen LogP contribution is 2.40. The molecule has 0 saturated heterocycles. The first-order chi connectivity index (χ1) is 14.9. The van der Waals surface area contributed by atoms with E-state index in [1.54, 1.807) is 21.0 Å². The second-order valence-electron chi connectivity index (χ2n) is 6.96. The van der Waals surface area contributed by atoms with Crippen LogP contribution in [0.2, 0.25) is 0 Å². The third-order valence-electron chi connectivity index (χ3n) is 5.17. The molecule has 1 aliphatic rings. The minimum atomic E-state index is -0.654. The molecule has 7 nitrogen and oxygen atoms in total. The van der Waals surface area contributed by atoms with Crippen molar-refractivity contribution in [3.05, 3.63) is 76.9 Å². The summed E-state index contributed by atoms with van der Waals surface area (Å²) >= 11 is 0. The highest BCUT2D eigenvalue weighted by atomic mass is 16.5. The molecule has 0 fully saturated rings. The van der Waals surface area contributed by atoms with Crippen molar-refractivity contribution in [1.82, 2.24) is 0 Å². The van der Waals surface area contributed by atoms with Crippen molar-refractivity contribution < 1.29 is 19.0 Å². The first-order valence-electron chi connectivity index (χ1n) is 9.84. The SMILES string of the molecule is CCOC(=O)C1=C(C)OC(N)=C(C#N)C1c1ccc(N(C)c2ccc(OC)cc2)cc1. The van der Waals surface area contributed by atoms with Gasteiger partial charge in [-0.3, -0.25) is 0 Å². The lowest BCUT2D eigenvalue weighted by atomic mass is 9.83.